The number of carbonyl (C=O) groups is 1. The van der Waals surface area contributed by atoms with Gasteiger partial charge in [-0.25, -0.2) is 0 Å². The molecule has 4 heterocycles. The Balaban J connectivity index is 1.09. The third-order valence-electron chi connectivity index (χ3n) is 6.82. The lowest BCUT2D eigenvalue weighted by atomic mass is 9.88. The van der Waals surface area contributed by atoms with E-state index < -0.39 is 0 Å². The minimum atomic E-state index is -0.106. The molecule has 8 heteroatoms. The summed E-state index contributed by atoms with van der Waals surface area (Å²) in [4.78, 5) is 14.8. The highest BCUT2D eigenvalue weighted by molar-refractivity contribution is 6.30. The molecule has 1 amide bonds. The first-order valence-corrected chi connectivity index (χ1v) is 11.9. The van der Waals surface area contributed by atoms with E-state index in [9.17, 15) is 4.79 Å². The van der Waals surface area contributed by atoms with Crippen LogP contribution in [0.2, 0.25) is 5.02 Å². The van der Waals surface area contributed by atoms with Gasteiger partial charge in [0.05, 0.1) is 18.2 Å². The van der Waals surface area contributed by atoms with Gasteiger partial charge < -0.3 is 14.5 Å². The van der Waals surface area contributed by atoms with Crippen molar-refractivity contribution in [3.63, 3.8) is 0 Å². The van der Waals surface area contributed by atoms with Crippen LogP contribution in [0.25, 0.3) is 11.3 Å². The van der Waals surface area contributed by atoms with Gasteiger partial charge in [-0.05, 0) is 68.1 Å². The topological polar surface area (TPSA) is 72.5 Å². The monoisotopic (exact) mass is 468 g/mol. The summed E-state index contributed by atoms with van der Waals surface area (Å²) in [6.45, 7) is 3.29. The molecule has 5 rings (SSSR count). The standard InChI is InChI=1S/C25H29ClN4O3/c1-29-22(9-13-28-29)24(31)27-16-20-8-10-25(33-20)11-14-30(15-12-25)17-21-6-7-23(32-21)18-2-4-19(26)5-3-18/h2-7,9,13,20H,8,10-12,14-17H2,1H3,(H,27,31). The maximum atomic E-state index is 12.3. The third kappa shape index (κ3) is 5.00. The van der Waals surface area contributed by atoms with E-state index in [0.717, 1.165) is 67.4 Å². The molecule has 1 spiro atoms. The van der Waals surface area contributed by atoms with Crippen LogP contribution in [0.4, 0.5) is 0 Å². The van der Waals surface area contributed by atoms with Crippen LogP contribution in [0.5, 0.6) is 0 Å². The molecule has 0 radical (unpaired) electrons. The van der Waals surface area contributed by atoms with E-state index in [0.29, 0.717) is 12.2 Å². The number of aromatic nitrogens is 2. The molecule has 7 nitrogen and oxygen atoms in total. The Morgan fingerprint density at radius 2 is 1.94 bits per heavy atom. The van der Waals surface area contributed by atoms with Crippen LogP contribution in [0.3, 0.4) is 0 Å². The van der Waals surface area contributed by atoms with Gasteiger partial charge in [0.2, 0.25) is 0 Å². The number of hydrogen-bond acceptors (Lipinski definition) is 5. The van der Waals surface area contributed by atoms with Gasteiger partial charge in [0.15, 0.2) is 0 Å². The van der Waals surface area contributed by atoms with Gasteiger partial charge in [-0.2, -0.15) is 5.10 Å². The van der Waals surface area contributed by atoms with Gasteiger partial charge in [-0.1, -0.05) is 11.6 Å². The Hall–Kier alpha value is -2.61. The van der Waals surface area contributed by atoms with Crippen molar-refractivity contribution in [3.8, 4) is 11.3 Å². The number of aryl methyl sites for hydroxylation is 1. The van der Waals surface area contributed by atoms with Crippen LogP contribution in [0.15, 0.2) is 53.1 Å². The van der Waals surface area contributed by atoms with Crippen molar-refractivity contribution in [3.05, 3.63) is 65.1 Å². The van der Waals surface area contributed by atoms with E-state index in [1.165, 1.54) is 0 Å². The van der Waals surface area contributed by atoms with Crippen molar-refractivity contribution in [2.24, 2.45) is 7.05 Å². The molecule has 1 aromatic carbocycles. The fourth-order valence-corrected chi connectivity index (χ4v) is 5.00. The number of carbonyl (C=O) groups excluding carboxylic acids is 1. The van der Waals surface area contributed by atoms with Gasteiger partial charge in [-0.3, -0.25) is 14.4 Å². The van der Waals surface area contributed by atoms with Gasteiger partial charge >= 0.3 is 0 Å². The van der Waals surface area contributed by atoms with Gasteiger partial charge in [0, 0.05) is 43.5 Å². The van der Waals surface area contributed by atoms with E-state index in [-0.39, 0.29) is 17.6 Å². The molecule has 0 bridgehead atoms. The molecule has 2 fully saturated rings. The largest absolute Gasteiger partial charge is 0.460 e. The van der Waals surface area contributed by atoms with Crippen molar-refractivity contribution in [1.29, 1.82) is 0 Å². The summed E-state index contributed by atoms with van der Waals surface area (Å²) >= 11 is 5.98. The molecule has 0 saturated carbocycles. The molecule has 33 heavy (non-hydrogen) atoms. The predicted molar refractivity (Wildman–Crippen MR) is 126 cm³/mol. The minimum absolute atomic E-state index is 0.0595. The normalized spacial score (nSPS) is 20.4. The van der Waals surface area contributed by atoms with E-state index in [2.05, 4.69) is 21.4 Å². The molecule has 2 aliphatic heterocycles. The molecular weight excluding hydrogens is 440 g/mol. The highest BCUT2D eigenvalue weighted by atomic mass is 35.5. The van der Waals surface area contributed by atoms with E-state index in [1.807, 2.05) is 30.3 Å². The highest BCUT2D eigenvalue weighted by Gasteiger charge is 2.42. The Labute approximate surface area is 198 Å². The Morgan fingerprint density at radius 1 is 1.15 bits per heavy atom. The number of halogens is 1. The van der Waals surface area contributed by atoms with Crippen molar-refractivity contribution in [1.82, 2.24) is 20.0 Å². The number of rotatable bonds is 6. The van der Waals surface area contributed by atoms with Crippen LogP contribution < -0.4 is 5.32 Å². The lowest BCUT2D eigenvalue weighted by Gasteiger charge is -2.39. The number of piperidine rings is 1. The molecule has 174 valence electrons. The van der Waals surface area contributed by atoms with E-state index >= 15 is 0 Å². The second kappa shape index (κ2) is 9.33. The summed E-state index contributed by atoms with van der Waals surface area (Å²) in [6, 6.07) is 13.5. The summed E-state index contributed by atoms with van der Waals surface area (Å²) in [7, 11) is 1.77. The number of furan rings is 1. The molecule has 0 aliphatic carbocycles. The van der Waals surface area contributed by atoms with Crippen LogP contribution in [0, 0.1) is 0 Å². The maximum Gasteiger partial charge on any atom is 0.269 e. The molecule has 3 aromatic rings. The zero-order chi connectivity index (χ0) is 22.8. The molecule has 2 saturated heterocycles. The average Bonchev–Trinajstić information content (AvgIpc) is 3.55. The van der Waals surface area contributed by atoms with E-state index in [4.69, 9.17) is 20.8 Å². The number of benzene rings is 1. The molecule has 1 unspecified atom stereocenters. The quantitative estimate of drug-likeness (QED) is 0.584. The first kappa shape index (κ1) is 22.2. The van der Waals surface area contributed by atoms with Crippen molar-refractivity contribution in [2.75, 3.05) is 19.6 Å². The van der Waals surface area contributed by atoms with Gasteiger partial charge in [0.1, 0.15) is 17.2 Å². The van der Waals surface area contributed by atoms with Crippen LogP contribution in [-0.2, 0) is 18.3 Å². The number of amides is 1. The first-order chi connectivity index (χ1) is 16.0. The summed E-state index contributed by atoms with van der Waals surface area (Å²) in [6.07, 6.45) is 5.74. The lowest BCUT2D eigenvalue weighted by molar-refractivity contribution is -0.0770. The minimum Gasteiger partial charge on any atom is -0.460 e. The Morgan fingerprint density at radius 3 is 2.67 bits per heavy atom. The molecular formula is C25H29ClN4O3. The fourth-order valence-electron chi connectivity index (χ4n) is 4.87. The second-order valence-corrected chi connectivity index (χ2v) is 9.50. The molecule has 2 aliphatic rings. The second-order valence-electron chi connectivity index (χ2n) is 9.06. The summed E-state index contributed by atoms with van der Waals surface area (Å²) in [5.41, 5.74) is 1.54. The zero-order valence-corrected chi connectivity index (χ0v) is 19.6. The fraction of sp³-hybridized carbons (Fsp3) is 0.440. The predicted octanol–water partition coefficient (Wildman–Crippen LogP) is 4.28. The number of hydrogen-bond donors (Lipinski definition) is 1. The molecule has 2 aromatic heterocycles. The zero-order valence-electron chi connectivity index (χ0n) is 18.8. The summed E-state index contributed by atoms with van der Waals surface area (Å²) < 4.78 is 14.1. The van der Waals surface area contributed by atoms with Gasteiger partial charge in [-0.15, -0.1) is 0 Å². The van der Waals surface area contributed by atoms with Gasteiger partial charge in [0.25, 0.3) is 5.91 Å². The Bertz CT molecular complexity index is 1100. The number of nitrogens with zero attached hydrogens (tertiary/aromatic N) is 3. The first-order valence-electron chi connectivity index (χ1n) is 11.5. The molecule has 1 N–H and O–H groups in total. The maximum absolute atomic E-state index is 12.3. The average molecular weight is 469 g/mol. The van der Waals surface area contributed by atoms with Crippen molar-refractivity contribution in [2.45, 2.75) is 43.9 Å². The van der Waals surface area contributed by atoms with Crippen LogP contribution in [-0.4, -0.2) is 51.9 Å². The summed E-state index contributed by atoms with van der Waals surface area (Å²) in [5.74, 6) is 1.73. The number of ether oxygens (including phenoxy) is 1. The third-order valence-corrected chi connectivity index (χ3v) is 7.07. The summed E-state index contributed by atoms with van der Waals surface area (Å²) in [5, 5.41) is 7.77. The van der Waals surface area contributed by atoms with E-state index in [1.54, 1.807) is 24.0 Å². The van der Waals surface area contributed by atoms with Crippen molar-refractivity contribution >= 4 is 17.5 Å². The molecule has 1 atom stereocenters. The lowest BCUT2D eigenvalue weighted by Crippen LogP contribution is -2.44. The SMILES string of the molecule is Cn1nccc1C(=O)NCC1CCC2(CCN(Cc3ccc(-c4ccc(Cl)cc4)o3)CC2)O1. The highest BCUT2D eigenvalue weighted by Crippen LogP contribution is 2.39. The number of nitrogens with one attached hydrogen (secondary N) is 1. The van der Waals surface area contributed by atoms with Crippen molar-refractivity contribution < 1.29 is 13.9 Å². The van der Waals surface area contributed by atoms with Crippen LogP contribution >= 0.6 is 11.6 Å². The smallest absolute Gasteiger partial charge is 0.269 e. The number of likely N-dealkylation sites (tertiary alicyclic amines) is 1. The van der Waals surface area contributed by atoms with Crippen LogP contribution in [0.1, 0.15) is 41.9 Å². The Kier molecular flexibility index (Phi) is 6.27.